The molecule has 1 unspecified atom stereocenters. The lowest BCUT2D eigenvalue weighted by Crippen LogP contribution is -2.42. The van der Waals surface area contributed by atoms with Crippen LogP contribution in [0, 0.1) is 6.92 Å². The normalized spacial score (nSPS) is 15.0. The first-order chi connectivity index (χ1) is 12.1. The van der Waals surface area contributed by atoms with Gasteiger partial charge in [-0.2, -0.15) is 0 Å². The number of hydrogen-bond donors (Lipinski definition) is 0. The van der Waals surface area contributed by atoms with E-state index in [0.29, 0.717) is 11.9 Å². The lowest BCUT2D eigenvalue weighted by atomic mass is 10.0. The molecule has 25 heavy (non-hydrogen) atoms. The minimum Gasteiger partial charge on any atom is -0.341 e. The number of carbonyl (C=O) groups excluding carboxylic acids is 1. The molecule has 0 N–H and O–H groups in total. The third-order valence-corrected chi connectivity index (χ3v) is 4.67. The van der Waals surface area contributed by atoms with Crippen molar-refractivity contribution in [2.45, 2.75) is 73.3 Å². The second kappa shape index (κ2) is 13.9. The molecule has 1 amide bonds. The molecule has 3 heteroatoms. The highest BCUT2D eigenvalue weighted by Crippen LogP contribution is 2.13. The van der Waals surface area contributed by atoms with E-state index in [-0.39, 0.29) is 0 Å². The van der Waals surface area contributed by atoms with Crippen molar-refractivity contribution in [3.63, 3.8) is 0 Å². The number of likely N-dealkylation sites (N-methyl/N-ethyl adjacent to an activating group) is 1. The summed E-state index contributed by atoms with van der Waals surface area (Å²) in [5.41, 5.74) is 2.79. The fourth-order valence-corrected chi connectivity index (χ4v) is 2.91. The summed E-state index contributed by atoms with van der Waals surface area (Å²) in [5, 5.41) is 0. The van der Waals surface area contributed by atoms with Crippen LogP contribution >= 0.6 is 0 Å². The zero-order valence-corrected chi connectivity index (χ0v) is 17.6. The Labute approximate surface area is 156 Å². The smallest absolute Gasteiger partial charge is 0.222 e. The van der Waals surface area contributed by atoms with Crippen LogP contribution in [0.1, 0.15) is 65.0 Å². The summed E-state index contributed by atoms with van der Waals surface area (Å²) in [6, 6.07) is 9.09. The standard InChI is InChI=1S/C18H28N2O.2C2H6/c1-15-8-4-5-9-17(15)14-16(2)19(3)12-13-20-11-7-6-10-18(20)21;2*1-2/h4-5,8-9,16H,6-7,10-14H2,1-3H3;2*1-2H3. The van der Waals surface area contributed by atoms with Crippen LogP contribution in [0.2, 0.25) is 0 Å². The summed E-state index contributed by atoms with van der Waals surface area (Å²) >= 11 is 0. The Hall–Kier alpha value is -1.35. The van der Waals surface area contributed by atoms with Gasteiger partial charge in [0.05, 0.1) is 0 Å². The van der Waals surface area contributed by atoms with Gasteiger partial charge < -0.3 is 9.80 Å². The fraction of sp³-hybridized carbons (Fsp3) is 0.682. The van der Waals surface area contributed by atoms with Gasteiger partial charge >= 0.3 is 0 Å². The second-order valence-corrected chi connectivity index (χ2v) is 6.30. The van der Waals surface area contributed by atoms with Crippen LogP contribution in [0.4, 0.5) is 0 Å². The quantitative estimate of drug-likeness (QED) is 0.728. The van der Waals surface area contributed by atoms with Gasteiger partial charge in [0, 0.05) is 32.1 Å². The van der Waals surface area contributed by atoms with E-state index >= 15 is 0 Å². The molecule has 1 aliphatic rings. The van der Waals surface area contributed by atoms with Crippen molar-refractivity contribution >= 4 is 5.91 Å². The predicted molar refractivity (Wildman–Crippen MR) is 110 cm³/mol. The van der Waals surface area contributed by atoms with Crippen LogP contribution < -0.4 is 0 Å². The third kappa shape index (κ3) is 8.53. The van der Waals surface area contributed by atoms with Crippen LogP contribution in [-0.2, 0) is 11.2 Å². The first-order valence-corrected chi connectivity index (χ1v) is 10.1. The van der Waals surface area contributed by atoms with Gasteiger partial charge in [0.1, 0.15) is 0 Å². The molecule has 0 radical (unpaired) electrons. The van der Waals surface area contributed by atoms with E-state index in [9.17, 15) is 4.79 Å². The number of likely N-dealkylation sites (tertiary alicyclic amines) is 1. The first-order valence-electron chi connectivity index (χ1n) is 10.1. The number of carbonyl (C=O) groups is 1. The summed E-state index contributed by atoms with van der Waals surface area (Å²) in [6.07, 6.45) is 4.03. The number of hydrogen-bond acceptors (Lipinski definition) is 2. The molecule has 0 aliphatic carbocycles. The maximum Gasteiger partial charge on any atom is 0.222 e. The molecular formula is C22H40N2O. The summed E-state index contributed by atoms with van der Waals surface area (Å²) in [6.45, 7) is 15.2. The van der Waals surface area contributed by atoms with Gasteiger partial charge in [0.15, 0.2) is 0 Å². The van der Waals surface area contributed by atoms with Crippen molar-refractivity contribution in [3.05, 3.63) is 35.4 Å². The van der Waals surface area contributed by atoms with Gasteiger partial charge in [0.2, 0.25) is 5.91 Å². The zero-order valence-electron chi connectivity index (χ0n) is 17.6. The van der Waals surface area contributed by atoms with E-state index in [1.807, 2.05) is 32.6 Å². The van der Waals surface area contributed by atoms with Crippen molar-refractivity contribution in [2.24, 2.45) is 0 Å². The minimum atomic E-state index is 0.334. The van der Waals surface area contributed by atoms with E-state index in [1.165, 1.54) is 11.1 Å². The third-order valence-electron chi connectivity index (χ3n) is 4.67. The number of nitrogens with zero attached hydrogens (tertiary/aromatic N) is 2. The summed E-state index contributed by atoms with van der Waals surface area (Å²) in [5.74, 6) is 0.334. The first kappa shape index (κ1) is 23.6. The lowest BCUT2D eigenvalue weighted by Gasteiger charge is -2.31. The number of rotatable bonds is 6. The predicted octanol–water partition coefficient (Wildman–Crippen LogP) is 4.92. The molecule has 1 aromatic rings. The van der Waals surface area contributed by atoms with Crippen LogP contribution in [0.3, 0.4) is 0 Å². The van der Waals surface area contributed by atoms with Crippen LogP contribution in [0.15, 0.2) is 24.3 Å². The van der Waals surface area contributed by atoms with Gasteiger partial charge in [-0.3, -0.25) is 4.79 Å². The molecule has 1 aromatic carbocycles. The maximum absolute atomic E-state index is 11.8. The second-order valence-electron chi connectivity index (χ2n) is 6.30. The van der Waals surface area contributed by atoms with E-state index < -0.39 is 0 Å². The van der Waals surface area contributed by atoms with Crippen molar-refractivity contribution in [1.82, 2.24) is 9.80 Å². The average molecular weight is 349 g/mol. The molecule has 3 nitrogen and oxygen atoms in total. The summed E-state index contributed by atoms with van der Waals surface area (Å²) < 4.78 is 0. The molecular weight excluding hydrogens is 308 g/mol. The molecule has 1 atom stereocenters. The van der Waals surface area contributed by atoms with Crippen molar-refractivity contribution in [3.8, 4) is 0 Å². The van der Waals surface area contributed by atoms with Crippen molar-refractivity contribution < 1.29 is 4.79 Å². The molecule has 1 heterocycles. The minimum absolute atomic E-state index is 0.334. The van der Waals surface area contributed by atoms with Gasteiger partial charge in [0.25, 0.3) is 0 Å². The zero-order chi connectivity index (χ0) is 19.2. The molecule has 144 valence electrons. The SMILES string of the molecule is CC.CC.Cc1ccccc1CC(C)N(C)CCN1CCCCC1=O. The van der Waals surface area contributed by atoms with E-state index in [2.05, 4.69) is 50.1 Å². The Bertz CT molecular complexity index is 473. The largest absolute Gasteiger partial charge is 0.341 e. The van der Waals surface area contributed by atoms with Crippen molar-refractivity contribution in [1.29, 1.82) is 0 Å². The van der Waals surface area contributed by atoms with Crippen LogP contribution in [0.5, 0.6) is 0 Å². The number of piperidine rings is 1. The maximum atomic E-state index is 11.8. The van der Waals surface area contributed by atoms with E-state index in [0.717, 1.165) is 45.3 Å². The average Bonchev–Trinajstić information content (AvgIpc) is 2.66. The Morgan fingerprint density at radius 3 is 2.36 bits per heavy atom. The van der Waals surface area contributed by atoms with Gasteiger partial charge in [-0.15, -0.1) is 0 Å². The Balaban J connectivity index is 0.00000134. The number of amides is 1. The number of benzene rings is 1. The highest BCUT2D eigenvalue weighted by Gasteiger charge is 2.19. The molecule has 2 rings (SSSR count). The van der Waals surface area contributed by atoms with E-state index in [4.69, 9.17) is 0 Å². The highest BCUT2D eigenvalue weighted by atomic mass is 16.2. The Morgan fingerprint density at radius 1 is 1.12 bits per heavy atom. The topological polar surface area (TPSA) is 23.6 Å². The Kier molecular flexibility index (Phi) is 13.1. The molecule has 0 saturated carbocycles. The lowest BCUT2D eigenvalue weighted by molar-refractivity contribution is -0.133. The molecule has 0 bridgehead atoms. The molecule has 1 fully saturated rings. The molecule has 0 spiro atoms. The fourth-order valence-electron chi connectivity index (χ4n) is 2.91. The van der Waals surface area contributed by atoms with Crippen LogP contribution in [-0.4, -0.2) is 48.4 Å². The molecule has 1 aliphatic heterocycles. The van der Waals surface area contributed by atoms with E-state index in [1.54, 1.807) is 0 Å². The molecule has 1 saturated heterocycles. The van der Waals surface area contributed by atoms with Gasteiger partial charge in [-0.1, -0.05) is 52.0 Å². The van der Waals surface area contributed by atoms with Gasteiger partial charge in [-0.25, -0.2) is 0 Å². The summed E-state index contributed by atoms with van der Waals surface area (Å²) in [4.78, 5) is 16.2. The van der Waals surface area contributed by atoms with Gasteiger partial charge in [-0.05, 0) is 51.3 Å². The Morgan fingerprint density at radius 2 is 1.76 bits per heavy atom. The van der Waals surface area contributed by atoms with Crippen molar-refractivity contribution in [2.75, 3.05) is 26.7 Å². The monoisotopic (exact) mass is 348 g/mol. The number of aryl methyl sites for hydroxylation is 1. The summed E-state index contributed by atoms with van der Waals surface area (Å²) in [7, 11) is 2.16. The molecule has 0 aromatic heterocycles. The van der Waals surface area contributed by atoms with Crippen LogP contribution in [0.25, 0.3) is 0 Å². The highest BCUT2D eigenvalue weighted by molar-refractivity contribution is 5.76.